The van der Waals surface area contributed by atoms with Crippen LogP contribution in [-0.2, 0) is 14.3 Å². The summed E-state index contributed by atoms with van der Waals surface area (Å²) in [7, 11) is 0. The van der Waals surface area contributed by atoms with Gasteiger partial charge in [0.25, 0.3) is 0 Å². The minimum atomic E-state index is -0.269. The van der Waals surface area contributed by atoms with Gasteiger partial charge >= 0.3 is 0 Å². The fourth-order valence-electron chi connectivity index (χ4n) is 1.93. The van der Waals surface area contributed by atoms with E-state index in [9.17, 15) is 4.79 Å². The van der Waals surface area contributed by atoms with Gasteiger partial charge in [-0.05, 0) is 31.5 Å². The predicted octanol–water partition coefficient (Wildman–Crippen LogP) is 1.80. The van der Waals surface area contributed by atoms with Crippen LogP contribution in [0.3, 0.4) is 0 Å². The fraction of sp³-hybridized carbons (Fsp3) is 0.500. The van der Waals surface area contributed by atoms with Crippen molar-refractivity contribution < 1.29 is 14.3 Å². The van der Waals surface area contributed by atoms with Gasteiger partial charge in [-0.25, -0.2) is 0 Å². The monoisotopic (exact) mass is 264 g/mol. The van der Waals surface area contributed by atoms with Crippen molar-refractivity contribution in [2.75, 3.05) is 25.1 Å². The van der Waals surface area contributed by atoms with Crippen LogP contribution in [0.4, 0.5) is 5.69 Å². The Bertz CT molecular complexity index is 400. The van der Waals surface area contributed by atoms with Gasteiger partial charge in [0.1, 0.15) is 0 Å². The van der Waals surface area contributed by atoms with Crippen molar-refractivity contribution in [3.8, 4) is 0 Å². The average molecular weight is 264 g/mol. The van der Waals surface area contributed by atoms with Crippen LogP contribution in [0, 0.1) is 0 Å². The van der Waals surface area contributed by atoms with Crippen LogP contribution in [0.5, 0.6) is 0 Å². The molecule has 5 nitrogen and oxygen atoms in total. The number of nitrogens with two attached hydrogens (primary N) is 1. The average Bonchev–Trinajstić information content (AvgIpc) is 2.94. The van der Waals surface area contributed by atoms with Gasteiger partial charge in [-0.15, -0.1) is 0 Å². The maximum Gasteiger partial charge on any atom is 0.224 e. The van der Waals surface area contributed by atoms with Crippen LogP contribution < -0.4 is 11.1 Å². The molecule has 1 aliphatic heterocycles. The highest BCUT2D eigenvalue weighted by Gasteiger charge is 2.17. The Kier molecular flexibility index (Phi) is 5.32. The number of carbonyl (C=O) groups excluding carboxylic acids is 1. The predicted molar refractivity (Wildman–Crippen MR) is 72.6 cm³/mol. The van der Waals surface area contributed by atoms with Crippen LogP contribution in [-0.4, -0.2) is 25.7 Å². The van der Waals surface area contributed by atoms with Crippen molar-refractivity contribution in [3.05, 3.63) is 29.8 Å². The molecule has 1 amide bonds. The van der Waals surface area contributed by atoms with Gasteiger partial charge in [0, 0.05) is 17.7 Å². The lowest BCUT2D eigenvalue weighted by molar-refractivity contribution is -0.116. The third-order valence-electron chi connectivity index (χ3n) is 2.95. The molecule has 104 valence electrons. The normalized spacial score (nSPS) is 15.6. The van der Waals surface area contributed by atoms with Gasteiger partial charge in [0.15, 0.2) is 6.29 Å². The molecule has 0 aromatic heterocycles. The number of carbonyl (C=O) groups is 1. The molecule has 3 N–H and O–H groups in total. The van der Waals surface area contributed by atoms with Crippen LogP contribution in [0.15, 0.2) is 24.3 Å². The van der Waals surface area contributed by atoms with E-state index in [0.29, 0.717) is 26.2 Å². The maximum absolute atomic E-state index is 11.6. The first-order valence-corrected chi connectivity index (χ1v) is 6.62. The SMILES string of the molecule is NCCCCC(=O)Nc1ccc(C2OCCO2)cc1. The number of ether oxygens (including phenoxy) is 2. The molecule has 2 rings (SSSR count). The molecular weight excluding hydrogens is 244 g/mol. The van der Waals surface area contributed by atoms with E-state index in [0.717, 1.165) is 24.1 Å². The van der Waals surface area contributed by atoms with E-state index in [4.69, 9.17) is 15.2 Å². The van der Waals surface area contributed by atoms with Crippen molar-refractivity contribution in [3.63, 3.8) is 0 Å². The van der Waals surface area contributed by atoms with Gasteiger partial charge in [0.2, 0.25) is 5.91 Å². The second kappa shape index (κ2) is 7.23. The van der Waals surface area contributed by atoms with Crippen molar-refractivity contribution in [1.29, 1.82) is 0 Å². The van der Waals surface area contributed by atoms with Gasteiger partial charge in [-0.2, -0.15) is 0 Å². The molecule has 0 atom stereocenters. The maximum atomic E-state index is 11.6. The van der Waals surface area contributed by atoms with Crippen LogP contribution in [0.2, 0.25) is 0 Å². The van der Waals surface area contributed by atoms with Gasteiger partial charge in [-0.1, -0.05) is 12.1 Å². The highest BCUT2D eigenvalue weighted by atomic mass is 16.7. The molecule has 0 bridgehead atoms. The number of hydrogen-bond donors (Lipinski definition) is 2. The number of amides is 1. The molecule has 1 aromatic rings. The van der Waals surface area contributed by atoms with E-state index in [1.165, 1.54) is 0 Å². The molecule has 1 aliphatic rings. The van der Waals surface area contributed by atoms with Crippen molar-refractivity contribution in [1.82, 2.24) is 0 Å². The smallest absolute Gasteiger partial charge is 0.224 e. The molecule has 1 saturated heterocycles. The van der Waals surface area contributed by atoms with Crippen molar-refractivity contribution >= 4 is 11.6 Å². The topological polar surface area (TPSA) is 73.6 Å². The zero-order chi connectivity index (χ0) is 13.5. The second-order valence-electron chi connectivity index (χ2n) is 4.49. The zero-order valence-corrected chi connectivity index (χ0v) is 10.9. The third kappa shape index (κ3) is 4.31. The molecule has 19 heavy (non-hydrogen) atoms. The van der Waals surface area contributed by atoms with E-state index in [-0.39, 0.29) is 12.2 Å². The first-order valence-electron chi connectivity index (χ1n) is 6.62. The Hall–Kier alpha value is -1.43. The highest BCUT2D eigenvalue weighted by molar-refractivity contribution is 5.90. The van der Waals surface area contributed by atoms with Crippen LogP contribution in [0.1, 0.15) is 31.1 Å². The fourth-order valence-corrected chi connectivity index (χ4v) is 1.93. The lowest BCUT2D eigenvalue weighted by atomic mass is 10.2. The zero-order valence-electron chi connectivity index (χ0n) is 10.9. The number of nitrogens with one attached hydrogen (secondary N) is 1. The van der Waals surface area contributed by atoms with E-state index >= 15 is 0 Å². The van der Waals surface area contributed by atoms with Gasteiger partial charge in [-0.3, -0.25) is 4.79 Å². The molecule has 0 spiro atoms. The number of rotatable bonds is 6. The van der Waals surface area contributed by atoms with Gasteiger partial charge in [0.05, 0.1) is 13.2 Å². The highest BCUT2D eigenvalue weighted by Crippen LogP contribution is 2.24. The van der Waals surface area contributed by atoms with Crippen molar-refractivity contribution in [2.45, 2.75) is 25.6 Å². The first-order chi connectivity index (χ1) is 9.29. The Morgan fingerprint density at radius 2 is 1.89 bits per heavy atom. The lowest BCUT2D eigenvalue weighted by Crippen LogP contribution is -2.12. The molecular formula is C14H20N2O3. The first kappa shape index (κ1) is 14.0. The Morgan fingerprint density at radius 1 is 1.21 bits per heavy atom. The van der Waals surface area contributed by atoms with E-state index in [1.54, 1.807) is 0 Å². The minimum absolute atomic E-state index is 0.0227. The quantitative estimate of drug-likeness (QED) is 0.768. The molecule has 1 heterocycles. The summed E-state index contributed by atoms with van der Waals surface area (Å²) in [4.78, 5) is 11.6. The summed E-state index contributed by atoms with van der Waals surface area (Å²) in [5, 5.41) is 2.86. The number of anilines is 1. The summed E-state index contributed by atoms with van der Waals surface area (Å²) >= 11 is 0. The molecule has 0 saturated carbocycles. The number of hydrogen-bond acceptors (Lipinski definition) is 4. The molecule has 1 fully saturated rings. The molecule has 0 radical (unpaired) electrons. The number of benzene rings is 1. The van der Waals surface area contributed by atoms with E-state index in [1.807, 2.05) is 24.3 Å². The third-order valence-corrected chi connectivity index (χ3v) is 2.95. The Morgan fingerprint density at radius 3 is 2.53 bits per heavy atom. The Balaban J connectivity index is 1.82. The van der Waals surface area contributed by atoms with Crippen LogP contribution in [0.25, 0.3) is 0 Å². The summed E-state index contributed by atoms with van der Waals surface area (Å²) < 4.78 is 10.8. The second-order valence-corrected chi connectivity index (χ2v) is 4.49. The van der Waals surface area contributed by atoms with Gasteiger partial charge < -0.3 is 20.5 Å². The minimum Gasteiger partial charge on any atom is -0.346 e. The lowest BCUT2D eigenvalue weighted by Gasteiger charge is -2.10. The largest absolute Gasteiger partial charge is 0.346 e. The van der Waals surface area contributed by atoms with E-state index in [2.05, 4.69) is 5.32 Å². The summed E-state index contributed by atoms with van der Waals surface area (Å²) in [6.45, 7) is 1.89. The summed E-state index contributed by atoms with van der Waals surface area (Å²) in [6.07, 6.45) is 1.94. The number of unbranched alkanes of at least 4 members (excludes halogenated alkanes) is 1. The van der Waals surface area contributed by atoms with Crippen LogP contribution >= 0.6 is 0 Å². The molecule has 5 heteroatoms. The standard InChI is InChI=1S/C14H20N2O3/c15-8-2-1-3-13(17)16-12-6-4-11(5-7-12)14-18-9-10-19-14/h4-7,14H,1-3,8-10,15H2,(H,16,17). The summed E-state index contributed by atoms with van der Waals surface area (Å²) in [5.74, 6) is 0.0227. The Labute approximate surface area is 113 Å². The molecule has 0 unspecified atom stereocenters. The molecule has 1 aromatic carbocycles. The summed E-state index contributed by atoms with van der Waals surface area (Å²) in [5.41, 5.74) is 7.15. The van der Waals surface area contributed by atoms with E-state index < -0.39 is 0 Å². The molecule has 0 aliphatic carbocycles. The van der Waals surface area contributed by atoms with Crippen molar-refractivity contribution in [2.24, 2.45) is 5.73 Å². The summed E-state index contributed by atoms with van der Waals surface area (Å²) in [6, 6.07) is 7.54.